The number of rotatable bonds is 7. The van der Waals surface area contributed by atoms with Gasteiger partial charge < -0.3 is 15.7 Å². The molecule has 2 aromatic carbocycles. The number of hydrogen-bond acceptors (Lipinski definition) is 5. The first-order chi connectivity index (χ1) is 13.1. The summed E-state index contributed by atoms with van der Waals surface area (Å²) in [5, 5.41) is 14.7. The lowest BCUT2D eigenvalue weighted by Crippen LogP contribution is -2.29. The Bertz CT molecular complexity index is 989. The first-order valence-electron chi connectivity index (χ1n) is 8.20. The van der Waals surface area contributed by atoms with E-state index in [1.54, 1.807) is 0 Å². The monoisotopic (exact) mass is 412 g/mol. The zero-order chi connectivity index (χ0) is 20.9. The third-order valence-electron chi connectivity index (χ3n) is 3.76. The van der Waals surface area contributed by atoms with Crippen molar-refractivity contribution in [1.29, 1.82) is 0 Å². The summed E-state index contributed by atoms with van der Waals surface area (Å²) >= 11 is 0. The van der Waals surface area contributed by atoms with Gasteiger partial charge in [-0.3, -0.25) is 9.59 Å². The summed E-state index contributed by atoms with van der Waals surface area (Å²) in [5.74, 6) is -4.05. The van der Waals surface area contributed by atoms with Crippen LogP contribution in [0.15, 0.2) is 36.4 Å². The maximum absolute atomic E-state index is 13.2. The molecule has 0 atom stereocenters. The van der Waals surface area contributed by atoms with Crippen LogP contribution in [0.5, 0.6) is 5.75 Å². The molecule has 0 aliphatic heterocycles. The quantitative estimate of drug-likeness (QED) is 0.645. The third-order valence-corrected chi connectivity index (χ3v) is 5.47. The van der Waals surface area contributed by atoms with Crippen LogP contribution in [0.25, 0.3) is 0 Å². The SMILES string of the molecule is CCS(=O)(=O)CCNC(=O)c1ccc(NC(=O)c2cc(F)cc(F)c2)cc1O. The highest BCUT2D eigenvalue weighted by atomic mass is 32.2. The minimum absolute atomic E-state index is 0.0439. The maximum Gasteiger partial charge on any atom is 0.255 e. The zero-order valence-corrected chi connectivity index (χ0v) is 15.6. The molecule has 10 heteroatoms. The van der Waals surface area contributed by atoms with Crippen molar-refractivity contribution < 1.29 is 31.9 Å². The number of sulfone groups is 1. The molecule has 0 aliphatic rings. The second kappa shape index (κ2) is 8.79. The van der Waals surface area contributed by atoms with Crippen LogP contribution >= 0.6 is 0 Å². The van der Waals surface area contributed by atoms with Crippen LogP contribution in [0.1, 0.15) is 27.6 Å². The van der Waals surface area contributed by atoms with Gasteiger partial charge in [0.15, 0.2) is 9.84 Å². The van der Waals surface area contributed by atoms with Gasteiger partial charge >= 0.3 is 0 Å². The molecular weight excluding hydrogens is 394 g/mol. The normalized spacial score (nSPS) is 11.1. The molecule has 0 saturated carbocycles. The molecule has 0 heterocycles. The molecule has 0 unspecified atom stereocenters. The molecular formula is C18H18F2N2O5S. The average molecular weight is 412 g/mol. The topological polar surface area (TPSA) is 113 Å². The predicted octanol–water partition coefficient (Wildman–Crippen LogP) is 2.09. The Morgan fingerprint density at radius 3 is 2.25 bits per heavy atom. The highest BCUT2D eigenvalue weighted by molar-refractivity contribution is 7.91. The Labute approximate surface area is 160 Å². The molecule has 2 amide bonds. The summed E-state index contributed by atoms with van der Waals surface area (Å²) in [7, 11) is -3.24. The van der Waals surface area contributed by atoms with Crippen LogP contribution in [0.4, 0.5) is 14.5 Å². The van der Waals surface area contributed by atoms with Crippen LogP contribution in [0.2, 0.25) is 0 Å². The van der Waals surface area contributed by atoms with Crippen molar-refractivity contribution in [3.8, 4) is 5.75 Å². The van der Waals surface area contributed by atoms with E-state index in [0.717, 1.165) is 18.2 Å². The van der Waals surface area contributed by atoms with Gasteiger partial charge in [0, 0.05) is 35.7 Å². The number of phenolic OH excluding ortho intramolecular Hbond substituents is 1. The van der Waals surface area contributed by atoms with E-state index in [0.29, 0.717) is 6.07 Å². The maximum atomic E-state index is 13.2. The molecule has 0 aliphatic carbocycles. The van der Waals surface area contributed by atoms with Gasteiger partial charge in [0.2, 0.25) is 0 Å². The van der Waals surface area contributed by atoms with Gasteiger partial charge in [-0.05, 0) is 24.3 Å². The molecule has 2 rings (SSSR count). The molecule has 150 valence electrons. The minimum Gasteiger partial charge on any atom is -0.507 e. The van der Waals surface area contributed by atoms with Gasteiger partial charge in [-0.25, -0.2) is 17.2 Å². The fourth-order valence-electron chi connectivity index (χ4n) is 2.25. The molecule has 2 aromatic rings. The number of benzene rings is 2. The predicted molar refractivity (Wildman–Crippen MR) is 99.1 cm³/mol. The van der Waals surface area contributed by atoms with Gasteiger partial charge in [0.05, 0.1) is 11.3 Å². The van der Waals surface area contributed by atoms with E-state index in [-0.39, 0.29) is 34.9 Å². The average Bonchev–Trinajstić information content (AvgIpc) is 2.60. The fraction of sp³-hybridized carbons (Fsp3) is 0.222. The second-order valence-electron chi connectivity index (χ2n) is 5.84. The van der Waals surface area contributed by atoms with Crippen molar-refractivity contribution in [1.82, 2.24) is 5.32 Å². The lowest BCUT2D eigenvalue weighted by Gasteiger charge is -2.10. The molecule has 0 radical (unpaired) electrons. The number of phenols is 1. The van der Waals surface area contributed by atoms with E-state index in [1.165, 1.54) is 19.1 Å². The molecule has 7 nitrogen and oxygen atoms in total. The van der Waals surface area contributed by atoms with Crippen LogP contribution in [0, 0.1) is 11.6 Å². The van der Waals surface area contributed by atoms with Gasteiger partial charge in [-0.2, -0.15) is 0 Å². The van der Waals surface area contributed by atoms with Crippen LogP contribution in [0.3, 0.4) is 0 Å². The van der Waals surface area contributed by atoms with Gasteiger partial charge in [-0.15, -0.1) is 0 Å². The van der Waals surface area contributed by atoms with E-state index < -0.39 is 39.0 Å². The molecule has 0 fully saturated rings. The molecule has 0 aromatic heterocycles. The van der Waals surface area contributed by atoms with E-state index in [1.807, 2.05) is 0 Å². The Hall–Kier alpha value is -3.01. The molecule has 3 N–H and O–H groups in total. The summed E-state index contributed by atoms with van der Waals surface area (Å²) < 4.78 is 49.2. The summed E-state index contributed by atoms with van der Waals surface area (Å²) in [6.07, 6.45) is 0. The van der Waals surface area contributed by atoms with E-state index in [4.69, 9.17) is 0 Å². The first-order valence-corrected chi connectivity index (χ1v) is 10.0. The van der Waals surface area contributed by atoms with Crippen molar-refractivity contribution in [2.24, 2.45) is 0 Å². The van der Waals surface area contributed by atoms with Gasteiger partial charge in [0.25, 0.3) is 11.8 Å². The van der Waals surface area contributed by atoms with Gasteiger partial charge in [-0.1, -0.05) is 6.92 Å². The summed E-state index contributed by atoms with van der Waals surface area (Å²) in [6, 6.07) is 5.95. The largest absolute Gasteiger partial charge is 0.507 e. The fourth-order valence-corrected chi connectivity index (χ4v) is 2.95. The number of halogens is 2. The summed E-state index contributed by atoms with van der Waals surface area (Å²) in [4.78, 5) is 24.1. The third kappa shape index (κ3) is 5.74. The van der Waals surface area contributed by atoms with Crippen LogP contribution < -0.4 is 10.6 Å². The van der Waals surface area contributed by atoms with Crippen molar-refractivity contribution >= 4 is 27.3 Å². The summed E-state index contributed by atoms with van der Waals surface area (Å²) in [6.45, 7) is 1.38. The highest BCUT2D eigenvalue weighted by Gasteiger charge is 2.15. The standard InChI is InChI=1S/C18H18F2N2O5S/c1-2-28(26,27)6-5-21-18(25)15-4-3-14(10-16(15)23)22-17(24)11-7-12(19)9-13(20)8-11/h3-4,7-10,23H,2,5-6H2,1H3,(H,21,25)(H,22,24). The second-order valence-corrected chi connectivity index (χ2v) is 8.31. The van der Waals surface area contributed by atoms with Crippen molar-refractivity contribution in [2.45, 2.75) is 6.92 Å². The van der Waals surface area contributed by atoms with E-state index in [2.05, 4.69) is 10.6 Å². The Morgan fingerprint density at radius 2 is 1.68 bits per heavy atom. The van der Waals surface area contributed by atoms with E-state index >= 15 is 0 Å². The van der Waals surface area contributed by atoms with Crippen molar-refractivity contribution in [2.75, 3.05) is 23.4 Å². The van der Waals surface area contributed by atoms with Gasteiger partial charge in [0.1, 0.15) is 17.4 Å². The first kappa shape index (κ1) is 21.3. The zero-order valence-electron chi connectivity index (χ0n) is 14.8. The van der Waals surface area contributed by atoms with E-state index in [9.17, 15) is 31.9 Å². The lowest BCUT2D eigenvalue weighted by molar-refractivity contribution is 0.0953. The van der Waals surface area contributed by atoms with Crippen LogP contribution in [-0.2, 0) is 9.84 Å². The van der Waals surface area contributed by atoms with Crippen molar-refractivity contribution in [3.05, 3.63) is 59.2 Å². The van der Waals surface area contributed by atoms with Crippen molar-refractivity contribution in [3.63, 3.8) is 0 Å². The smallest absolute Gasteiger partial charge is 0.255 e. The van der Waals surface area contributed by atoms with Crippen LogP contribution in [-0.4, -0.2) is 43.4 Å². The lowest BCUT2D eigenvalue weighted by atomic mass is 10.1. The Morgan fingerprint density at radius 1 is 1.04 bits per heavy atom. The molecule has 0 bridgehead atoms. The number of carbonyl (C=O) groups is 2. The number of aromatic hydroxyl groups is 1. The minimum atomic E-state index is -3.24. The Kier molecular flexibility index (Phi) is 6.68. The summed E-state index contributed by atoms with van der Waals surface area (Å²) in [5.41, 5.74) is -0.281. The molecule has 28 heavy (non-hydrogen) atoms. The molecule has 0 spiro atoms. The Balaban J connectivity index is 2.05. The number of anilines is 1. The highest BCUT2D eigenvalue weighted by Crippen LogP contribution is 2.22. The number of amides is 2. The molecule has 0 saturated heterocycles. The number of nitrogens with one attached hydrogen (secondary N) is 2. The number of hydrogen-bond donors (Lipinski definition) is 3. The number of carbonyl (C=O) groups excluding carboxylic acids is 2.